The summed E-state index contributed by atoms with van der Waals surface area (Å²) in [4.78, 5) is 0. The number of aromatic nitrogens is 2. The van der Waals surface area contributed by atoms with E-state index in [1.807, 2.05) is 20.8 Å². The second-order valence-electron chi connectivity index (χ2n) is 6.85. The molecule has 3 rings (SSSR count). The first-order valence-electron chi connectivity index (χ1n) is 7.87. The quantitative estimate of drug-likeness (QED) is 0.934. The average Bonchev–Trinajstić information content (AvgIpc) is 2.91. The molecule has 0 saturated heterocycles. The van der Waals surface area contributed by atoms with Crippen molar-refractivity contribution in [3.63, 3.8) is 0 Å². The molecule has 1 aromatic heterocycles. The molecule has 2 atom stereocenters. The van der Waals surface area contributed by atoms with Gasteiger partial charge in [-0.25, -0.2) is 18.0 Å². The van der Waals surface area contributed by atoms with Crippen LogP contribution in [0.15, 0.2) is 30.5 Å². The average molecular weight is 335 g/mol. The smallest absolute Gasteiger partial charge is 0.148 e. The summed E-state index contributed by atoms with van der Waals surface area (Å²) in [5.74, 6) is -0.285. The fourth-order valence-corrected chi connectivity index (χ4v) is 3.67. The van der Waals surface area contributed by atoms with E-state index in [4.69, 9.17) is 0 Å². The van der Waals surface area contributed by atoms with Gasteiger partial charge in [-0.3, -0.25) is 0 Å². The molecule has 1 aliphatic rings. The van der Waals surface area contributed by atoms with Crippen molar-refractivity contribution in [3.8, 4) is 5.69 Å². The Kier molecular flexibility index (Phi) is 4.38. The molecule has 1 N–H and O–H groups in total. The SMILES string of the molecule is CC(C)(C)S(=O)N[C@H]1CCCc2c1cnn2-c1ccccc1F. The summed E-state index contributed by atoms with van der Waals surface area (Å²) in [5, 5.41) is 4.39. The van der Waals surface area contributed by atoms with Crippen LogP contribution < -0.4 is 4.72 Å². The molecule has 1 unspecified atom stereocenters. The van der Waals surface area contributed by atoms with Gasteiger partial charge in [0.1, 0.15) is 11.5 Å². The van der Waals surface area contributed by atoms with E-state index in [1.165, 1.54) is 6.07 Å². The van der Waals surface area contributed by atoms with Gasteiger partial charge in [-0.05, 0) is 52.2 Å². The van der Waals surface area contributed by atoms with Gasteiger partial charge in [0.05, 0.1) is 21.9 Å². The van der Waals surface area contributed by atoms with Crippen LogP contribution in [-0.4, -0.2) is 18.7 Å². The van der Waals surface area contributed by atoms with E-state index in [-0.39, 0.29) is 16.6 Å². The Balaban J connectivity index is 1.93. The highest BCUT2D eigenvalue weighted by Crippen LogP contribution is 2.32. The van der Waals surface area contributed by atoms with Gasteiger partial charge in [0.2, 0.25) is 0 Å². The number of benzene rings is 1. The van der Waals surface area contributed by atoms with Gasteiger partial charge >= 0.3 is 0 Å². The van der Waals surface area contributed by atoms with Crippen LogP contribution in [0.25, 0.3) is 5.69 Å². The van der Waals surface area contributed by atoms with Crippen LogP contribution in [0, 0.1) is 5.82 Å². The molecule has 0 spiro atoms. The molecule has 1 heterocycles. The molecule has 6 heteroatoms. The highest BCUT2D eigenvalue weighted by atomic mass is 32.2. The van der Waals surface area contributed by atoms with E-state index in [0.29, 0.717) is 5.69 Å². The minimum absolute atomic E-state index is 0.000619. The molecule has 0 radical (unpaired) electrons. The molecule has 124 valence electrons. The zero-order valence-corrected chi connectivity index (χ0v) is 14.5. The lowest BCUT2D eigenvalue weighted by molar-refractivity contribution is 0.514. The summed E-state index contributed by atoms with van der Waals surface area (Å²) in [6.07, 6.45) is 4.51. The van der Waals surface area contributed by atoms with E-state index >= 15 is 0 Å². The largest absolute Gasteiger partial charge is 0.242 e. The predicted molar refractivity (Wildman–Crippen MR) is 90.2 cm³/mol. The van der Waals surface area contributed by atoms with Crippen molar-refractivity contribution in [2.45, 2.75) is 50.8 Å². The number of rotatable bonds is 3. The molecule has 0 aliphatic heterocycles. The van der Waals surface area contributed by atoms with E-state index in [1.54, 1.807) is 29.1 Å². The summed E-state index contributed by atoms with van der Waals surface area (Å²) in [7, 11) is -1.14. The number of fused-ring (bicyclic) bond motifs is 1. The maximum absolute atomic E-state index is 14.1. The van der Waals surface area contributed by atoms with Crippen LogP contribution in [0.4, 0.5) is 4.39 Å². The highest BCUT2D eigenvalue weighted by Gasteiger charge is 2.29. The van der Waals surface area contributed by atoms with Crippen molar-refractivity contribution in [1.82, 2.24) is 14.5 Å². The maximum atomic E-state index is 14.1. The number of para-hydroxylation sites is 1. The van der Waals surface area contributed by atoms with E-state index in [0.717, 1.165) is 30.5 Å². The lowest BCUT2D eigenvalue weighted by atomic mass is 9.94. The van der Waals surface area contributed by atoms with Gasteiger partial charge in [0, 0.05) is 17.3 Å². The lowest BCUT2D eigenvalue weighted by Gasteiger charge is -2.27. The van der Waals surface area contributed by atoms with Crippen molar-refractivity contribution < 1.29 is 8.60 Å². The fraction of sp³-hybridized carbons (Fsp3) is 0.471. The number of nitrogens with zero attached hydrogens (tertiary/aromatic N) is 2. The predicted octanol–water partition coefficient (Wildman–Crippen LogP) is 3.44. The first-order valence-corrected chi connectivity index (χ1v) is 9.02. The maximum Gasteiger partial charge on any atom is 0.148 e. The number of hydrogen-bond donors (Lipinski definition) is 1. The van der Waals surface area contributed by atoms with Crippen LogP contribution in [0.5, 0.6) is 0 Å². The minimum atomic E-state index is -1.14. The van der Waals surface area contributed by atoms with Gasteiger partial charge in [-0.1, -0.05) is 12.1 Å². The Morgan fingerprint density at radius 3 is 2.78 bits per heavy atom. The van der Waals surface area contributed by atoms with E-state index < -0.39 is 11.0 Å². The van der Waals surface area contributed by atoms with Crippen LogP contribution in [0.3, 0.4) is 0 Å². The van der Waals surface area contributed by atoms with Crippen molar-refractivity contribution >= 4 is 11.0 Å². The summed E-state index contributed by atoms with van der Waals surface area (Å²) >= 11 is 0. The Hall–Kier alpha value is -1.53. The molecular formula is C17H22FN3OS. The van der Waals surface area contributed by atoms with Gasteiger partial charge in [-0.2, -0.15) is 5.10 Å². The topological polar surface area (TPSA) is 46.9 Å². The fourth-order valence-electron chi connectivity index (χ4n) is 2.82. The normalized spacial score (nSPS) is 19.4. The van der Waals surface area contributed by atoms with Crippen molar-refractivity contribution in [1.29, 1.82) is 0 Å². The third-order valence-electron chi connectivity index (χ3n) is 4.07. The third-order valence-corrected chi connectivity index (χ3v) is 5.68. The highest BCUT2D eigenvalue weighted by molar-refractivity contribution is 7.84. The molecule has 0 fully saturated rings. The zero-order chi connectivity index (χ0) is 16.6. The second-order valence-corrected chi connectivity index (χ2v) is 8.85. The molecule has 23 heavy (non-hydrogen) atoms. The first kappa shape index (κ1) is 16.3. The summed E-state index contributed by atoms with van der Waals surface area (Å²) in [6, 6.07) is 6.65. The third kappa shape index (κ3) is 3.23. The summed E-state index contributed by atoms with van der Waals surface area (Å²) in [5.41, 5.74) is 2.49. The molecule has 1 aliphatic carbocycles. The van der Waals surface area contributed by atoms with Crippen molar-refractivity contribution in [3.05, 3.63) is 47.5 Å². The molecule has 2 aromatic rings. The summed E-state index contributed by atoms with van der Waals surface area (Å²) in [6.45, 7) is 5.84. The van der Waals surface area contributed by atoms with Crippen LogP contribution in [-0.2, 0) is 17.4 Å². The second kappa shape index (κ2) is 6.17. The number of halogens is 1. The molecular weight excluding hydrogens is 313 g/mol. The van der Waals surface area contributed by atoms with Crippen molar-refractivity contribution in [2.75, 3.05) is 0 Å². The molecule has 0 amide bonds. The Morgan fingerprint density at radius 2 is 2.09 bits per heavy atom. The van der Waals surface area contributed by atoms with E-state index in [9.17, 15) is 8.60 Å². The Morgan fingerprint density at radius 1 is 1.35 bits per heavy atom. The molecule has 0 saturated carbocycles. The van der Waals surface area contributed by atoms with Gasteiger partial charge in [0.25, 0.3) is 0 Å². The first-order chi connectivity index (χ1) is 10.9. The lowest BCUT2D eigenvalue weighted by Crippen LogP contribution is -2.36. The van der Waals surface area contributed by atoms with Gasteiger partial charge in [0.15, 0.2) is 0 Å². The monoisotopic (exact) mass is 335 g/mol. The van der Waals surface area contributed by atoms with Crippen LogP contribution in [0.1, 0.15) is 50.9 Å². The standard InChI is InChI=1S/C17H22FN3OS/c1-17(2,3)23(22)20-14-8-6-10-15-12(14)11-19-21(15)16-9-5-4-7-13(16)18/h4-5,7,9,11,14,20H,6,8,10H2,1-3H3/t14-,23?/m0/s1. The van der Waals surface area contributed by atoms with E-state index in [2.05, 4.69) is 9.82 Å². The summed E-state index contributed by atoms with van der Waals surface area (Å²) < 4.78 is 31.0. The zero-order valence-electron chi connectivity index (χ0n) is 13.7. The number of nitrogens with one attached hydrogen (secondary N) is 1. The van der Waals surface area contributed by atoms with Gasteiger partial charge < -0.3 is 0 Å². The Bertz CT molecular complexity index is 736. The van der Waals surface area contributed by atoms with Gasteiger partial charge in [-0.15, -0.1) is 0 Å². The molecule has 1 aromatic carbocycles. The number of hydrogen-bond acceptors (Lipinski definition) is 2. The van der Waals surface area contributed by atoms with Crippen LogP contribution >= 0.6 is 0 Å². The Labute approximate surface area is 138 Å². The molecule has 0 bridgehead atoms. The minimum Gasteiger partial charge on any atom is -0.242 e. The molecule has 4 nitrogen and oxygen atoms in total. The van der Waals surface area contributed by atoms with Crippen LogP contribution in [0.2, 0.25) is 0 Å². The van der Waals surface area contributed by atoms with Crippen molar-refractivity contribution in [2.24, 2.45) is 0 Å².